The minimum Gasteiger partial charge on any atom is -0.323 e. The van der Waals surface area contributed by atoms with Crippen molar-refractivity contribution in [3.05, 3.63) is 59.9 Å². The molecule has 0 unspecified atom stereocenters. The van der Waals surface area contributed by atoms with Crippen LogP contribution < -0.4 is 0 Å². The third-order valence-electron chi connectivity index (χ3n) is 5.41. The number of nitrogens with zero attached hydrogens (tertiary/aromatic N) is 4. The highest BCUT2D eigenvalue weighted by Gasteiger charge is 2.43. The average Bonchev–Trinajstić information content (AvgIpc) is 3.03. The van der Waals surface area contributed by atoms with Crippen LogP contribution in [0.3, 0.4) is 0 Å². The molecule has 1 aliphatic carbocycles. The zero-order valence-electron chi connectivity index (χ0n) is 14.9. The van der Waals surface area contributed by atoms with Gasteiger partial charge in [0.05, 0.1) is 17.1 Å². The monoisotopic (exact) mass is 344 g/mol. The van der Waals surface area contributed by atoms with Crippen LogP contribution in [0.1, 0.15) is 35.2 Å². The number of hydrogen-bond acceptors (Lipinski definition) is 3. The first kappa shape index (κ1) is 16.3. The third-order valence-corrected chi connectivity index (χ3v) is 5.41. The number of carbonyl (C=O) groups excluding carboxylic acids is 1. The largest absolute Gasteiger partial charge is 0.323 e. The summed E-state index contributed by atoms with van der Waals surface area (Å²) in [6, 6.07) is 16.1. The van der Waals surface area contributed by atoms with Crippen LogP contribution in [0.25, 0.3) is 16.7 Å². The van der Waals surface area contributed by atoms with Crippen molar-refractivity contribution in [3.63, 3.8) is 0 Å². The molecule has 5 nitrogen and oxygen atoms in total. The molecule has 0 spiro atoms. The van der Waals surface area contributed by atoms with E-state index in [2.05, 4.69) is 30.1 Å². The van der Waals surface area contributed by atoms with Gasteiger partial charge in [-0.2, -0.15) is 5.26 Å². The van der Waals surface area contributed by atoms with E-state index in [1.807, 2.05) is 34.9 Å². The molecule has 0 bridgehead atoms. The third kappa shape index (κ3) is 2.46. The SMILES string of the molecule is Cc1cccc(-n2cnc3cc(C(=O)N(C)C4(C#N)CCC4)ccc32)c1. The lowest BCUT2D eigenvalue weighted by atomic mass is 9.76. The van der Waals surface area contributed by atoms with Crippen LogP contribution >= 0.6 is 0 Å². The van der Waals surface area contributed by atoms with Crippen molar-refractivity contribution >= 4 is 16.9 Å². The first-order valence-electron chi connectivity index (χ1n) is 8.78. The molecule has 1 heterocycles. The molecule has 1 amide bonds. The lowest BCUT2D eigenvalue weighted by Crippen LogP contribution is -2.53. The number of hydrogen-bond donors (Lipinski definition) is 0. The van der Waals surface area contributed by atoms with E-state index in [0.717, 1.165) is 36.0 Å². The van der Waals surface area contributed by atoms with Crippen molar-refractivity contribution in [1.29, 1.82) is 5.26 Å². The first-order chi connectivity index (χ1) is 12.5. The van der Waals surface area contributed by atoms with Gasteiger partial charge in [0.15, 0.2) is 0 Å². The number of aromatic nitrogens is 2. The summed E-state index contributed by atoms with van der Waals surface area (Å²) < 4.78 is 2.02. The molecule has 3 aromatic rings. The Morgan fingerprint density at radius 3 is 2.73 bits per heavy atom. The van der Waals surface area contributed by atoms with Gasteiger partial charge in [0.25, 0.3) is 5.91 Å². The van der Waals surface area contributed by atoms with Gasteiger partial charge >= 0.3 is 0 Å². The number of carbonyl (C=O) groups is 1. The molecule has 0 saturated heterocycles. The number of rotatable bonds is 3. The van der Waals surface area contributed by atoms with Gasteiger partial charge in [0.1, 0.15) is 11.9 Å². The molecule has 0 N–H and O–H groups in total. The number of imidazole rings is 1. The molecule has 130 valence electrons. The van der Waals surface area contributed by atoms with E-state index < -0.39 is 5.54 Å². The fourth-order valence-corrected chi connectivity index (χ4v) is 3.55. The fourth-order valence-electron chi connectivity index (χ4n) is 3.55. The zero-order chi connectivity index (χ0) is 18.3. The Bertz CT molecular complexity index is 1040. The highest BCUT2D eigenvalue weighted by Crippen LogP contribution is 2.37. The van der Waals surface area contributed by atoms with E-state index in [0.29, 0.717) is 5.56 Å². The lowest BCUT2D eigenvalue weighted by molar-refractivity contribution is 0.0497. The van der Waals surface area contributed by atoms with Crippen molar-refractivity contribution in [1.82, 2.24) is 14.5 Å². The van der Waals surface area contributed by atoms with E-state index >= 15 is 0 Å². The molecule has 1 fully saturated rings. The van der Waals surface area contributed by atoms with Crippen molar-refractivity contribution in [3.8, 4) is 11.8 Å². The smallest absolute Gasteiger partial charge is 0.254 e. The van der Waals surface area contributed by atoms with E-state index in [1.54, 1.807) is 18.3 Å². The summed E-state index contributed by atoms with van der Waals surface area (Å²) in [5, 5.41) is 9.47. The average molecular weight is 344 g/mol. The maximum Gasteiger partial charge on any atom is 0.254 e. The maximum absolute atomic E-state index is 12.8. The first-order valence-corrected chi connectivity index (χ1v) is 8.78. The summed E-state index contributed by atoms with van der Waals surface area (Å²) in [4.78, 5) is 18.9. The highest BCUT2D eigenvalue weighted by atomic mass is 16.2. The normalized spacial score (nSPS) is 15.3. The topological polar surface area (TPSA) is 61.9 Å². The van der Waals surface area contributed by atoms with Crippen LogP contribution in [0.4, 0.5) is 0 Å². The maximum atomic E-state index is 12.8. The molecule has 26 heavy (non-hydrogen) atoms. The van der Waals surface area contributed by atoms with Crippen LogP contribution in [0, 0.1) is 18.3 Å². The van der Waals surface area contributed by atoms with Crippen LogP contribution in [0.15, 0.2) is 48.8 Å². The second-order valence-electron chi connectivity index (χ2n) is 7.02. The Balaban J connectivity index is 1.69. The summed E-state index contributed by atoms with van der Waals surface area (Å²) in [7, 11) is 1.72. The Kier molecular flexibility index (Phi) is 3.77. The molecule has 1 aromatic heterocycles. The molecular weight excluding hydrogens is 324 g/mol. The zero-order valence-corrected chi connectivity index (χ0v) is 14.9. The molecule has 4 rings (SSSR count). The summed E-state index contributed by atoms with van der Waals surface area (Å²) in [5.74, 6) is -0.127. The minimum atomic E-state index is -0.646. The van der Waals surface area contributed by atoms with Gasteiger partial charge in [-0.25, -0.2) is 4.98 Å². The van der Waals surface area contributed by atoms with Gasteiger partial charge in [0, 0.05) is 18.3 Å². The lowest BCUT2D eigenvalue weighted by Gasteiger charge is -2.42. The van der Waals surface area contributed by atoms with Crippen LogP contribution in [0.5, 0.6) is 0 Å². The summed E-state index contributed by atoms with van der Waals surface area (Å²) in [6.45, 7) is 2.06. The van der Waals surface area contributed by atoms with Crippen molar-refractivity contribution < 1.29 is 4.79 Å². The molecule has 5 heteroatoms. The number of amides is 1. The van der Waals surface area contributed by atoms with Crippen LogP contribution in [-0.2, 0) is 0 Å². The Morgan fingerprint density at radius 1 is 1.27 bits per heavy atom. The van der Waals surface area contributed by atoms with Gasteiger partial charge < -0.3 is 4.90 Å². The van der Waals surface area contributed by atoms with E-state index in [-0.39, 0.29) is 5.91 Å². The Morgan fingerprint density at radius 2 is 2.08 bits per heavy atom. The molecule has 1 aliphatic rings. The molecule has 2 aromatic carbocycles. The minimum absolute atomic E-state index is 0.127. The quantitative estimate of drug-likeness (QED) is 0.725. The van der Waals surface area contributed by atoms with Gasteiger partial charge in [-0.3, -0.25) is 9.36 Å². The Hall–Kier alpha value is -3.13. The van der Waals surface area contributed by atoms with E-state index in [4.69, 9.17) is 0 Å². The second kappa shape index (κ2) is 5.99. The molecule has 0 radical (unpaired) electrons. The van der Waals surface area contributed by atoms with Crippen LogP contribution in [0.2, 0.25) is 0 Å². The molecule has 1 saturated carbocycles. The molecular formula is C21H20N4O. The molecule has 0 aliphatic heterocycles. The fraction of sp³-hybridized carbons (Fsp3) is 0.286. The molecule has 0 atom stereocenters. The van der Waals surface area contributed by atoms with E-state index in [9.17, 15) is 10.1 Å². The standard InChI is InChI=1S/C21H20N4O/c1-15-5-3-6-17(11-15)25-14-23-18-12-16(7-8-19(18)25)20(26)24(2)21(13-22)9-4-10-21/h3,5-8,11-12,14H,4,9-10H2,1-2H3. The summed E-state index contributed by atoms with van der Waals surface area (Å²) in [5.41, 5.74) is 3.86. The highest BCUT2D eigenvalue weighted by molar-refractivity contribution is 5.98. The summed E-state index contributed by atoms with van der Waals surface area (Å²) in [6.07, 6.45) is 4.26. The van der Waals surface area contributed by atoms with Crippen molar-refractivity contribution in [2.45, 2.75) is 31.7 Å². The predicted molar refractivity (Wildman–Crippen MR) is 100 cm³/mol. The van der Waals surface area contributed by atoms with Crippen molar-refractivity contribution in [2.75, 3.05) is 7.05 Å². The van der Waals surface area contributed by atoms with Gasteiger partial charge in [-0.05, 0) is 62.1 Å². The number of fused-ring (bicyclic) bond motifs is 1. The number of aryl methyl sites for hydroxylation is 1. The van der Waals surface area contributed by atoms with Gasteiger partial charge in [-0.1, -0.05) is 12.1 Å². The Labute approximate surface area is 152 Å². The predicted octanol–water partition coefficient (Wildman–Crippen LogP) is 3.85. The number of nitriles is 1. The number of benzene rings is 2. The van der Waals surface area contributed by atoms with Crippen LogP contribution in [-0.4, -0.2) is 32.9 Å². The van der Waals surface area contributed by atoms with Gasteiger partial charge in [-0.15, -0.1) is 0 Å². The second-order valence-corrected chi connectivity index (χ2v) is 7.02. The van der Waals surface area contributed by atoms with E-state index in [1.165, 1.54) is 5.56 Å². The van der Waals surface area contributed by atoms with Gasteiger partial charge in [0.2, 0.25) is 0 Å². The van der Waals surface area contributed by atoms with Crippen molar-refractivity contribution in [2.24, 2.45) is 0 Å². The summed E-state index contributed by atoms with van der Waals surface area (Å²) >= 11 is 0.